The van der Waals surface area contributed by atoms with Gasteiger partial charge in [-0.25, -0.2) is 4.39 Å². The molecule has 2 heterocycles. The molecule has 148 valence electrons. The molecule has 6 nitrogen and oxygen atoms in total. The van der Waals surface area contributed by atoms with E-state index in [4.69, 9.17) is 9.47 Å². The van der Waals surface area contributed by atoms with Crippen LogP contribution in [0.5, 0.6) is 11.5 Å². The Morgan fingerprint density at radius 3 is 2.46 bits per heavy atom. The van der Waals surface area contributed by atoms with E-state index in [9.17, 15) is 14.3 Å². The molecule has 0 bridgehead atoms. The fourth-order valence-corrected chi connectivity index (χ4v) is 3.53. The molecule has 0 saturated carbocycles. The van der Waals surface area contributed by atoms with Crippen LogP contribution in [0, 0.1) is 5.82 Å². The van der Waals surface area contributed by atoms with Gasteiger partial charge in [0.05, 0.1) is 6.10 Å². The van der Waals surface area contributed by atoms with Gasteiger partial charge in [0.2, 0.25) is 6.10 Å². The van der Waals surface area contributed by atoms with Crippen molar-refractivity contribution in [1.29, 1.82) is 0 Å². The summed E-state index contributed by atoms with van der Waals surface area (Å²) in [4.78, 5) is 16.6. The summed E-state index contributed by atoms with van der Waals surface area (Å²) in [6.45, 7) is 3.11. The van der Waals surface area contributed by atoms with E-state index in [1.165, 1.54) is 12.1 Å². The molecule has 2 atom stereocenters. The molecule has 2 aliphatic heterocycles. The number of nitrogens with zero attached hydrogens (tertiary/aromatic N) is 2. The first-order chi connectivity index (χ1) is 13.6. The number of para-hydroxylation sites is 2. The van der Waals surface area contributed by atoms with Crippen LogP contribution < -0.4 is 9.47 Å². The topological polar surface area (TPSA) is 62.2 Å². The van der Waals surface area contributed by atoms with Crippen molar-refractivity contribution in [3.05, 3.63) is 59.9 Å². The monoisotopic (exact) mass is 386 g/mol. The van der Waals surface area contributed by atoms with Crippen LogP contribution in [0.1, 0.15) is 11.7 Å². The van der Waals surface area contributed by atoms with Crippen LogP contribution >= 0.6 is 0 Å². The van der Waals surface area contributed by atoms with E-state index in [1.807, 2.05) is 18.2 Å². The maximum absolute atomic E-state index is 13.0. The van der Waals surface area contributed by atoms with Crippen LogP contribution in [0.3, 0.4) is 0 Å². The van der Waals surface area contributed by atoms with Gasteiger partial charge in [0.25, 0.3) is 5.91 Å². The maximum Gasteiger partial charge on any atom is 0.267 e. The largest absolute Gasteiger partial charge is 0.485 e. The van der Waals surface area contributed by atoms with Gasteiger partial charge in [-0.15, -0.1) is 0 Å². The average molecular weight is 386 g/mol. The maximum atomic E-state index is 13.0. The molecule has 7 heteroatoms. The van der Waals surface area contributed by atoms with Gasteiger partial charge in [-0.05, 0) is 29.8 Å². The second-order valence-corrected chi connectivity index (χ2v) is 7.06. The van der Waals surface area contributed by atoms with Crippen molar-refractivity contribution in [2.75, 3.05) is 39.3 Å². The third-order valence-corrected chi connectivity index (χ3v) is 5.15. The van der Waals surface area contributed by atoms with Gasteiger partial charge in [-0.1, -0.05) is 24.3 Å². The highest BCUT2D eigenvalue weighted by atomic mass is 19.1. The van der Waals surface area contributed by atoms with Crippen molar-refractivity contribution in [2.24, 2.45) is 0 Å². The molecule has 1 amide bonds. The van der Waals surface area contributed by atoms with Crippen molar-refractivity contribution in [2.45, 2.75) is 12.2 Å². The average Bonchev–Trinajstić information content (AvgIpc) is 2.74. The smallest absolute Gasteiger partial charge is 0.267 e. The lowest BCUT2D eigenvalue weighted by molar-refractivity contribution is -0.143. The van der Waals surface area contributed by atoms with Crippen molar-refractivity contribution >= 4 is 5.91 Å². The lowest BCUT2D eigenvalue weighted by Gasteiger charge is -2.37. The second kappa shape index (κ2) is 8.16. The number of aliphatic hydroxyl groups excluding tert-OH is 1. The number of aliphatic hydroxyl groups is 1. The number of fused-ring (bicyclic) bond motifs is 1. The van der Waals surface area contributed by atoms with Gasteiger partial charge in [-0.3, -0.25) is 9.69 Å². The molecule has 1 fully saturated rings. The number of amides is 1. The predicted octanol–water partition coefficient (Wildman–Crippen LogP) is 1.84. The molecule has 0 radical (unpaired) electrons. The van der Waals surface area contributed by atoms with Crippen molar-refractivity contribution in [3.8, 4) is 11.5 Å². The van der Waals surface area contributed by atoms with E-state index in [0.717, 1.165) is 0 Å². The number of hydrogen-bond donors (Lipinski definition) is 1. The summed E-state index contributed by atoms with van der Waals surface area (Å²) in [6, 6.07) is 13.2. The SMILES string of the molecule is O=C(C1COc2ccccc2O1)N1CCN(CC(O)c2ccc(F)cc2)CC1. The van der Waals surface area contributed by atoms with Gasteiger partial charge in [-0.2, -0.15) is 0 Å². The summed E-state index contributed by atoms with van der Waals surface area (Å²) >= 11 is 0. The molecule has 28 heavy (non-hydrogen) atoms. The van der Waals surface area contributed by atoms with Crippen LogP contribution in [0.25, 0.3) is 0 Å². The number of rotatable bonds is 4. The van der Waals surface area contributed by atoms with Gasteiger partial charge < -0.3 is 19.5 Å². The first kappa shape index (κ1) is 18.7. The number of carbonyl (C=O) groups is 1. The van der Waals surface area contributed by atoms with Gasteiger partial charge in [0.15, 0.2) is 11.5 Å². The normalized spacial score (nSPS) is 20.6. The predicted molar refractivity (Wildman–Crippen MR) is 101 cm³/mol. The summed E-state index contributed by atoms with van der Waals surface area (Å²) in [5, 5.41) is 10.4. The van der Waals surface area contributed by atoms with E-state index in [2.05, 4.69) is 4.90 Å². The Balaban J connectivity index is 1.28. The fourth-order valence-electron chi connectivity index (χ4n) is 3.53. The molecular formula is C21H23FN2O4. The zero-order valence-corrected chi connectivity index (χ0v) is 15.5. The Morgan fingerprint density at radius 1 is 1.07 bits per heavy atom. The molecule has 2 aromatic carbocycles. The fraction of sp³-hybridized carbons (Fsp3) is 0.381. The van der Waals surface area contributed by atoms with E-state index < -0.39 is 12.2 Å². The number of benzene rings is 2. The van der Waals surface area contributed by atoms with E-state index in [1.54, 1.807) is 23.1 Å². The Hall–Kier alpha value is -2.64. The van der Waals surface area contributed by atoms with Crippen LogP contribution in [0.2, 0.25) is 0 Å². The van der Waals surface area contributed by atoms with Crippen molar-refractivity contribution < 1.29 is 23.8 Å². The number of β-amino-alcohol motifs (C(OH)–C–C–N with tert-alkyl or cyclic N) is 1. The molecule has 1 saturated heterocycles. The number of ether oxygens (including phenoxy) is 2. The van der Waals surface area contributed by atoms with Crippen LogP contribution in [0.15, 0.2) is 48.5 Å². The molecule has 2 unspecified atom stereocenters. The third kappa shape index (κ3) is 4.10. The van der Waals surface area contributed by atoms with E-state index >= 15 is 0 Å². The molecule has 0 aliphatic carbocycles. The van der Waals surface area contributed by atoms with Crippen LogP contribution in [-0.4, -0.2) is 66.2 Å². The van der Waals surface area contributed by atoms with Crippen LogP contribution in [0.4, 0.5) is 4.39 Å². The standard InChI is InChI=1S/C21H23FN2O4/c22-16-7-5-15(6-8-16)17(25)13-23-9-11-24(12-10-23)21(26)20-14-27-18-3-1-2-4-19(18)28-20/h1-8,17,20,25H,9-14H2. The molecule has 0 spiro atoms. The first-order valence-electron chi connectivity index (χ1n) is 9.43. The lowest BCUT2D eigenvalue weighted by Crippen LogP contribution is -2.54. The Morgan fingerprint density at radius 2 is 1.75 bits per heavy atom. The minimum absolute atomic E-state index is 0.0757. The van der Waals surface area contributed by atoms with Crippen molar-refractivity contribution in [1.82, 2.24) is 9.80 Å². The Bertz CT molecular complexity index is 821. The van der Waals surface area contributed by atoms with Crippen molar-refractivity contribution in [3.63, 3.8) is 0 Å². The summed E-state index contributed by atoms with van der Waals surface area (Å²) in [5.74, 6) is 0.854. The number of carbonyl (C=O) groups excluding carboxylic acids is 1. The highest BCUT2D eigenvalue weighted by Gasteiger charge is 2.32. The molecular weight excluding hydrogens is 363 g/mol. The molecule has 1 N–H and O–H groups in total. The zero-order valence-electron chi connectivity index (χ0n) is 15.5. The zero-order chi connectivity index (χ0) is 19.5. The minimum atomic E-state index is -0.686. The number of halogens is 1. The molecule has 0 aromatic heterocycles. The van der Waals surface area contributed by atoms with Crippen LogP contribution in [-0.2, 0) is 4.79 Å². The van der Waals surface area contributed by atoms with Gasteiger partial charge in [0, 0.05) is 32.7 Å². The Kier molecular flexibility index (Phi) is 5.45. The van der Waals surface area contributed by atoms with Gasteiger partial charge >= 0.3 is 0 Å². The van der Waals surface area contributed by atoms with E-state index in [0.29, 0.717) is 49.8 Å². The van der Waals surface area contributed by atoms with E-state index in [-0.39, 0.29) is 18.3 Å². The number of piperazine rings is 1. The first-order valence-corrected chi connectivity index (χ1v) is 9.43. The molecule has 2 aromatic rings. The third-order valence-electron chi connectivity index (χ3n) is 5.15. The minimum Gasteiger partial charge on any atom is -0.485 e. The number of hydrogen-bond acceptors (Lipinski definition) is 5. The second-order valence-electron chi connectivity index (χ2n) is 7.06. The highest BCUT2D eigenvalue weighted by molar-refractivity contribution is 5.82. The molecule has 4 rings (SSSR count). The summed E-state index contributed by atoms with van der Waals surface area (Å²) in [7, 11) is 0. The lowest BCUT2D eigenvalue weighted by atomic mass is 10.1. The summed E-state index contributed by atoms with van der Waals surface area (Å²) < 4.78 is 24.5. The highest BCUT2D eigenvalue weighted by Crippen LogP contribution is 2.31. The Labute approximate surface area is 163 Å². The molecule has 2 aliphatic rings. The quantitative estimate of drug-likeness (QED) is 0.869. The van der Waals surface area contributed by atoms with Gasteiger partial charge in [0.1, 0.15) is 12.4 Å². The summed E-state index contributed by atoms with van der Waals surface area (Å²) in [6.07, 6.45) is -1.32. The summed E-state index contributed by atoms with van der Waals surface area (Å²) in [5.41, 5.74) is 0.686.